The van der Waals surface area contributed by atoms with Gasteiger partial charge in [-0.05, 0) is 125 Å². The van der Waals surface area contributed by atoms with Gasteiger partial charge in [0.2, 0.25) is 17.7 Å². The van der Waals surface area contributed by atoms with E-state index >= 15 is 0 Å². The van der Waals surface area contributed by atoms with Gasteiger partial charge in [0.15, 0.2) is 11.6 Å². The number of amides is 3. The summed E-state index contributed by atoms with van der Waals surface area (Å²) in [6.07, 6.45) is 8.33. The molecule has 8 heterocycles. The van der Waals surface area contributed by atoms with E-state index in [1.165, 1.54) is 28.1 Å². The van der Waals surface area contributed by atoms with Crippen LogP contribution < -0.4 is 16.0 Å². The van der Waals surface area contributed by atoms with Gasteiger partial charge in [0.25, 0.3) is 0 Å². The molecule has 6 aromatic heterocycles. The Balaban J connectivity index is 0.000000268. The van der Waals surface area contributed by atoms with Crippen LogP contribution in [0.2, 0.25) is 0 Å². The standard InChI is InChI=1S/C25H22BrN7O3.C16H14N4O3.C9H10BrN3O.CH4.ClH.S2.H2S/c1-14(34)24-18-10-16(17-11-27-15(2)28-12-17)6-7-19(18)33(31-24)13-23(35)32-9-8-20(32)25(36)30-22-5-3-4-21(26)29-22;1-9(21)16-13-5-11(12-6-17-10(2)18-7-12)3-4-14(13)20(19-16)8-15(22)23;10-7-2-1-3-8(12-7)13-9(14)6-4-5-11-6;;;1-2;/h3-7,10-12,20H,8-9,13H2,1-2H3,(H,29,30,36);3-7H,8H2,1-2H3,(H,22,23);1-3,6,11H,4-5H2,(H,12,13,14);1H4;1H;;1H2/t20-;;6-;;;;/m0.0..../s1. The second kappa shape index (κ2) is 29.2. The smallest absolute Gasteiger partial charge is 0.325 e. The van der Waals surface area contributed by atoms with Crippen LogP contribution in [0.15, 0.2) is 107 Å². The number of carbonyl (C=O) groups is 6. The van der Waals surface area contributed by atoms with Crippen LogP contribution >= 0.6 is 57.8 Å². The van der Waals surface area contributed by atoms with Crippen molar-refractivity contribution in [1.82, 2.24) is 59.7 Å². The van der Waals surface area contributed by atoms with E-state index in [0.29, 0.717) is 62.7 Å². The lowest BCUT2D eigenvalue weighted by atomic mass is 10.0. The number of aryl methyl sites for hydroxylation is 2. The maximum Gasteiger partial charge on any atom is 0.325 e. The van der Waals surface area contributed by atoms with E-state index < -0.39 is 12.0 Å². The number of ketones is 2. The molecule has 8 aromatic rings. The number of likely N-dealkylation sites (tertiary alicyclic amines) is 1. The molecule has 2 fully saturated rings. The summed E-state index contributed by atoms with van der Waals surface area (Å²) in [6, 6.07) is 21.0. The van der Waals surface area contributed by atoms with Gasteiger partial charge < -0.3 is 26.0 Å². The van der Waals surface area contributed by atoms with E-state index in [1.807, 2.05) is 49.4 Å². The lowest BCUT2D eigenvalue weighted by Gasteiger charge is -2.39. The first-order valence-electron chi connectivity index (χ1n) is 22.9. The highest BCUT2D eigenvalue weighted by Gasteiger charge is 2.38. The Morgan fingerprint density at radius 3 is 1.47 bits per heavy atom. The third-order valence-electron chi connectivity index (χ3n) is 11.7. The summed E-state index contributed by atoms with van der Waals surface area (Å²) in [7, 11) is 0. The monoisotopic (exact) mass is 1260 g/mol. The molecule has 2 aliphatic heterocycles. The number of hydrogen-bond acceptors (Lipinski definition) is 17. The number of halogens is 3. The summed E-state index contributed by atoms with van der Waals surface area (Å²) in [6.45, 7) is 7.48. The van der Waals surface area contributed by atoms with Crippen molar-refractivity contribution in [2.75, 3.05) is 23.7 Å². The SMILES string of the molecule is C.CC(=O)c1nn(CC(=O)N2CC[C@H]2C(=O)Nc2cccc(Br)n2)c2ccc(-c3cnc(C)nc3)cc12.CC(=O)c1nn(CC(=O)O)c2ccc(-c3cnc(C)nc3)cc12.Cl.O=C(Nc1cccc(Br)n1)[C@@H]1CCN1.S.S=S. The van der Waals surface area contributed by atoms with E-state index in [4.69, 9.17) is 5.11 Å². The Morgan fingerprint density at radius 2 is 1.10 bits per heavy atom. The van der Waals surface area contributed by atoms with Gasteiger partial charge in [-0.25, -0.2) is 29.9 Å². The minimum atomic E-state index is -1.01. The molecule has 2 aromatic carbocycles. The largest absolute Gasteiger partial charge is 0.480 e. The minimum Gasteiger partial charge on any atom is -0.480 e. The molecule has 2 saturated heterocycles. The second-order valence-corrected chi connectivity index (χ2v) is 18.5. The maximum absolute atomic E-state index is 13.1. The maximum atomic E-state index is 13.1. The number of aromatic nitrogens is 10. The molecule has 2 atom stereocenters. The Hall–Kier alpha value is -6.94. The highest BCUT2D eigenvalue weighted by Crippen LogP contribution is 2.29. The molecule has 0 bridgehead atoms. The van der Waals surface area contributed by atoms with Crippen LogP contribution in [-0.2, 0) is 54.6 Å². The zero-order valence-electron chi connectivity index (χ0n) is 41.4. The molecule has 0 spiro atoms. The number of carboxylic acid groups (broad SMARTS) is 1. The van der Waals surface area contributed by atoms with Gasteiger partial charge in [-0.2, -0.15) is 23.7 Å². The lowest BCUT2D eigenvalue weighted by Crippen LogP contribution is -2.57. The molecule has 0 aliphatic carbocycles. The number of rotatable bonds is 12. The Labute approximate surface area is 488 Å². The van der Waals surface area contributed by atoms with Gasteiger partial charge in [-0.15, -0.1) is 12.4 Å². The van der Waals surface area contributed by atoms with Crippen LogP contribution in [0.1, 0.15) is 66.7 Å². The summed E-state index contributed by atoms with van der Waals surface area (Å²) >= 11 is 13.9. The highest BCUT2D eigenvalue weighted by molar-refractivity contribution is 9.10. The predicted octanol–water partition coefficient (Wildman–Crippen LogP) is 7.80. The van der Waals surface area contributed by atoms with Crippen LogP contribution in [-0.4, -0.2) is 120 Å². The number of nitrogens with zero attached hydrogens (tertiary/aromatic N) is 11. The van der Waals surface area contributed by atoms with Gasteiger partial charge in [-0.1, -0.05) is 31.7 Å². The van der Waals surface area contributed by atoms with Gasteiger partial charge in [-0.3, -0.25) is 38.1 Å². The number of fused-ring (bicyclic) bond motifs is 2. The molecule has 21 nitrogen and oxygen atoms in total. The number of Topliss-reactive ketones (excluding diaryl/α,β-unsaturated/α-hetero) is 2. The molecule has 10 rings (SSSR count). The van der Waals surface area contributed by atoms with E-state index in [0.717, 1.165) is 39.8 Å². The molecule has 2 aliphatic rings. The number of hydrogen-bond donors (Lipinski definition) is 4. The summed E-state index contributed by atoms with van der Waals surface area (Å²) in [5.74, 6) is 0.352. The second-order valence-electron chi connectivity index (χ2n) is 16.9. The summed E-state index contributed by atoms with van der Waals surface area (Å²) in [4.78, 5) is 99.0. The molecule has 78 heavy (non-hydrogen) atoms. The Kier molecular flexibility index (Phi) is 23.8. The Morgan fingerprint density at radius 1 is 0.667 bits per heavy atom. The van der Waals surface area contributed by atoms with Gasteiger partial charge in [0.1, 0.15) is 63.0 Å². The van der Waals surface area contributed by atoms with E-state index in [2.05, 4.69) is 110 Å². The zero-order valence-corrected chi connectivity index (χ0v) is 48.1. The summed E-state index contributed by atoms with van der Waals surface area (Å²) in [5, 5.41) is 27.3. The fourth-order valence-electron chi connectivity index (χ4n) is 7.76. The van der Waals surface area contributed by atoms with E-state index in [-0.39, 0.29) is 93.1 Å². The molecule has 0 unspecified atom stereocenters. The average Bonchev–Trinajstić information content (AvgIpc) is 3.89. The molecule has 408 valence electrons. The van der Waals surface area contributed by atoms with Crippen molar-refractivity contribution in [2.24, 2.45) is 0 Å². The van der Waals surface area contributed by atoms with Crippen molar-refractivity contribution in [3.05, 3.63) is 130 Å². The number of aliphatic carboxylic acids is 1. The van der Waals surface area contributed by atoms with Crippen LogP contribution in [0.5, 0.6) is 0 Å². The number of carbonyl (C=O) groups excluding carboxylic acids is 5. The van der Waals surface area contributed by atoms with Gasteiger partial charge in [0.05, 0.1) is 17.1 Å². The predicted molar refractivity (Wildman–Crippen MR) is 315 cm³/mol. The quantitative estimate of drug-likeness (QED) is 0.0671. The van der Waals surface area contributed by atoms with Crippen molar-refractivity contribution >= 4 is 149 Å². The average molecular weight is 1270 g/mol. The third kappa shape index (κ3) is 15.9. The fourth-order valence-corrected chi connectivity index (χ4v) is 8.45. The number of nitrogens with one attached hydrogen (secondary N) is 3. The van der Waals surface area contributed by atoms with Crippen molar-refractivity contribution in [3.63, 3.8) is 0 Å². The van der Waals surface area contributed by atoms with Crippen molar-refractivity contribution in [2.45, 2.75) is 73.1 Å². The molecule has 0 saturated carbocycles. The van der Waals surface area contributed by atoms with Crippen LogP contribution in [0.3, 0.4) is 0 Å². The molecular weight excluding hydrogens is 1210 g/mol. The first-order chi connectivity index (χ1) is 36.0. The van der Waals surface area contributed by atoms with E-state index in [1.54, 1.807) is 62.0 Å². The number of pyridine rings is 2. The molecule has 0 radical (unpaired) electrons. The molecule has 3 amide bonds. The summed E-state index contributed by atoms with van der Waals surface area (Å²) < 4.78 is 4.17. The first-order valence-corrected chi connectivity index (χ1v) is 25.8. The van der Waals surface area contributed by atoms with Crippen molar-refractivity contribution < 1.29 is 33.9 Å². The fraction of sp³-hybridized carbons (Fsp3) is 0.255. The van der Waals surface area contributed by atoms with Gasteiger partial charge >= 0.3 is 5.97 Å². The lowest BCUT2D eigenvalue weighted by molar-refractivity contribution is -0.145. The summed E-state index contributed by atoms with van der Waals surface area (Å²) in [5.41, 5.74) is 5.13. The van der Waals surface area contributed by atoms with Crippen molar-refractivity contribution in [1.29, 1.82) is 0 Å². The van der Waals surface area contributed by atoms with Crippen LogP contribution in [0.4, 0.5) is 11.6 Å². The number of benzene rings is 2. The topological polar surface area (TPSA) is 275 Å². The molecular formula is C51H53Br2ClN14O7S3. The molecule has 27 heteroatoms. The zero-order chi connectivity index (χ0) is 53.9. The van der Waals surface area contributed by atoms with Crippen LogP contribution in [0.25, 0.3) is 44.1 Å². The van der Waals surface area contributed by atoms with Crippen LogP contribution in [0, 0.1) is 13.8 Å². The van der Waals surface area contributed by atoms with Gasteiger partial charge in [0, 0.05) is 89.5 Å². The number of carboxylic acids is 1. The first kappa shape index (κ1) is 63.6. The number of anilines is 2. The normalized spacial score (nSPS) is 13.7. The minimum absolute atomic E-state index is 0. The third-order valence-corrected chi connectivity index (χ3v) is 12.6. The van der Waals surface area contributed by atoms with Crippen molar-refractivity contribution in [3.8, 4) is 22.3 Å². The van der Waals surface area contributed by atoms with E-state index in [9.17, 15) is 28.8 Å². The highest BCUT2D eigenvalue weighted by atomic mass is 79.9. The Bertz CT molecular complexity index is 3460. The molecule has 4 N–H and O–H groups in total.